The van der Waals surface area contributed by atoms with Crippen LogP contribution in [0.4, 0.5) is 5.95 Å². The molecule has 0 saturated carbocycles. The van der Waals surface area contributed by atoms with Crippen molar-refractivity contribution in [2.24, 2.45) is 16.5 Å². The van der Waals surface area contributed by atoms with Crippen molar-refractivity contribution < 1.29 is 0 Å². The highest BCUT2D eigenvalue weighted by atomic mass is 15.2. The van der Waals surface area contributed by atoms with Crippen molar-refractivity contribution in [3.8, 4) is 0 Å². The summed E-state index contributed by atoms with van der Waals surface area (Å²) in [6, 6.07) is 18.0. The van der Waals surface area contributed by atoms with Crippen LogP contribution in [-0.2, 0) is 6.54 Å². The molecule has 0 spiro atoms. The number of aromatic nitrogens is 2. The summed E-state index contributed by atoms with van der Waals surface area (Å²) in [5.74, 6) is 0.532. The zero-order valence-electron chi connectivity index (χ0n) is 10.9. The van der Waals surface area contributed by atoms with E-state index in [-0.39, 0.29) is 5.96 Å². The Morgan fingerprint density at radius 2 is 1.70 bits per heavy atom. The molecule has 0 aliphatic heterocycles. The van der Waals surface area contributed by atoms with Crippen LogP contribution in [0, 0.1) is 0 Å². The van der Waals surface area contributed by atoms with Crippen molar-refractivity contribution >= 4 is 22.9 Å². The summed E-state index contributed by atoms with van der Waals surface area (Å²) in [5, 5.41) is 0. The van der Waals surface area contributed by atoms with E-state index < -0.39 is 0 Å². The quantitative estimate of drug-likeness (QED) is 0.561. The monoisotopic (exact) mass is 265 g/mol. The van der Waals surface area contributed by atoms with Crippen molar-refractivity contribution in [2.75, 3.05) is 0 Å². The summed E-state index contributed by atoms with van der Waals surface area (Å²) in [6.45, 7) is 0.674. The molecule has 0 aliphatic rings. The number of nitrogens with two attached hydrogens (primary N) is 2. The number of benzene rings is 2. The van der Waals surface area contributed by atoms with E-state index in [1.807, 2.05) is 47.0 Å². The van der Waals surface area contributed by atoms with Gasteiger partial charge in [0.1, 0.15) is 0 Å². The highest BCUT2D eigenvalue weighted by molar-refractivity contribution is 5.82. The molecule has 0 amide bonds. The number of nitrogens with zero attached hydrogens (tertiary/aromatic N) is 3. The van der Waals surface area contributed by atoms with Crippen LogP contribution >= 0.6 is 0 Å². The van der Waals surface area contributed by atoms with E-state index in [1.165, 1.54) is 5.56 Å². The fourth-order valence-corrected chi connectivity index (χ4v) is 2.19. The molecular weight excluding hydrogens is 250 g/mol. The third kappa shape index (κ3) is 2.33. The van der Waals surface area contributed by atoms with Gasteiger partial charge in [-0.05, 0) is 17.7 Å². The van der Waals surface area contributed by atoms with E-state index in [0.29, 0.717) is 12.5 Å². The molecule has 3 aromatic rings. The topological polar surface area (TPSA) is 82.2 Å². The molecule has 0 radical (unpaired) electrons. The van der Waals surface area contributed by atoms with Crippen LogP contribution < -0.4 is 11.5 Å². The minimum atomic E-state index is 0.00891. The van der Waals surface area contributed by atoms with Crippen LogP contribution in [-0.4, -0.2) is 15.5 Å². The van der Waals surface area contributed by atoms with Gasteiger partial charge in [0, 0.05) is 0 Å². The van der Waals surface area contributed by atoms with Crippen LogP contribution in [0.15, 0.2) is 59.6 Å². The number of hydrogen-bond donors (Lipinski definition) is 2. The second-order valence-electron chi connectivity index (χ2n) is 4.51. The van der Waals surface area contributed by atoms with Crippen molar-refractivity contribution in [1.29, 1.82) is 0 Å². The summed E-state index contributed by atoms with van der Waals surface area (Å²) in [7, 11) is 0. The summed E-state index contributed by atoms with van der Waals surface area (Å²) >= 11 is 0. The summed E-state index contributed by atoms with van der Waals surface area (Å²) in [4.78, 5) is 8.58. The zero-order chi connectivity index (χ0) is 13.9. The predicted octanol–water partition coefficient (Wildman–Crippen LogP) is 1.99. The molecule has 3 rings (SSSR count). The Morgan fingerprint density at radius 1 is 1.00 bits per heavy atom. The first-order chi connectivity index (χ1) is 9.74. The molecule has 1 heterocycles. The van der Waals surface area contributed by atoms with Crippen molar-refractivity contribution in [3.63, 3.8) is 0 Å². The SMILES string of the molecule is NC(N)=Nc1nc2ccccc2n1Cc1ccccc1. The maximum absolute atomic E-state index is 5.48. The number of imidazole rings is 1. The Hall–Kier alpha value is -2.82. The van der Waals surface area contributed by atoms with Gasteiger partial charge >= 0.3 is 0 Å². The largest absolute Gasteiger partial charge is 0.370 e. The van der Waals surface area contributed by atoms with Gasteiger partial charge in [-0.25, -0.2) is 4.98 Å². The number of para-hydroxylation sites is 2. The van der Waals surface area contributed by atoms with Gasteiger partial charge in [0.15, 0.2) is 5.96 Å². The van der Waals surface area contributed by atoms with Crippen LogP contribution in [0.25, 0.3) is 11.0 Å². The Labute approximate surface area is 116 Å². The fraction of sp³-hybridized carbons (Fsp3) is 0.0667. The van der Waals surface area contributed by atoms with Gasteiger partial charge in [0.2, 0.25) is 5.95 Å². The lowest BCUT2D eigenvalue weighted by Crippen LogP contribution is -2.22. The highest BCUT2D eigenvalue weighted by Gasteiger charge is 2.10. The van der Waals surface area contributed by atoms with E-state index in [1.54, 1.807) is 0 Å². The molecule has 0 atom stereocenters. The second kappa shape index (κ2) is 5.05. The normalized spacial score (nSPS) is 10.6. The van der Waals surface area contributed by atoms with Crippen LogP contribution in [0.1, 0.15) is 5.56 Å². The van der Waals surface area contributed by atoms with Crippen LogP contribution in [0.5, 0.6) is 0 Å². The Morgan fingerprint density at radius 3 is 2.45 bits per heavy atom. The maximum Gasteiger partial charge on any atom is 0.234 e. The van der Waals surface area contributed by atoms with Gasteiger partial charge in [-0.3, -0.25) is 0 Å². The van der Waals surface area contributed by atoms with Gasteiger partial charge in [0.05, 0.1) is 17.6 Å². The van der Waals surface area contributed by atoms with E-state index in [9.17, 15) is 0 Å². The fourth-order valence-electron chi connectivity index (χ4n) is 2.19. The first kappa shape index (κ1) is 12.2. The van der Waals surface area contributed by atoms with Crippen LogP contribution in [0.2, 0.25) is 0 Å². The molecule has 0 unspecified atom stereocenters. The second-order valence-corrected chi connectivity index (χ2v) is 4.51. The number of aliphatic imine (C=N–C) groups is 1. The highest BCUT2D eigenvalue weighted by Crippen LogP contribution is 2.22. The number of hydrogen-bond acceptors (Lipinski definition) is 2. The standard InChI is InChI=1S/C15H15N5/c16-14(17)19-15-18-12-8-4-5-9-13(12)20(15)10-11-6-2-1-3-7-11/h1-9H,10H2,(H4,16,17,18,19). The lowest BCUT2D eigenvalue weighted by Gasteiger charge is -2.06. The first-order valence-electron chi connectivity index (χ1n) is 6.33. The van der Waals surface area contributed by atoms with E-state index >= 15 is 0 Å². The van der Waals surface area contributed by atoms with Gasteiger partial charge in [-0.15, -0.1) is 0 Å². The smallest absolute Gasteiger partial charge is 0.234 e. The summed E-state index contributed by atoms with van der Waals surface area (Å²) in [6.07, 6.45) is 0. The Balaban J connectivity index is 2.14. The molecule has 100 valence electrons. The molecular formula is C15H15N5. The van der Waals surface area contributed by atoms with Gasteiger partial charge in [-0.2, -0.15) is 4.99 Å². The zero-order valence-corrected chi connectivity index (χ0v) is 10.9. The molecule has 5 heteroatoms. The number of rotatable bonds is 3. The van der Waals surface area contributed by atoms with Gasteiger partial charge in [0.25, 0.3) is 0 Å². The summed E-state index contributed by atoms with van der Waals surface area (Å²) in [5.41, 5.74) is 14.0. The molecule has 1 aromatic heterocycles. The van der Waals surface area contributed by atoms with E-state index in [0.717, 1.165) is 11.0 Å². The van der Waals surface area contributed by atoms with E-state index in [4.69, 9.17) is 11.5 Å². The summed E-state index contributed by atoms with van der Waals surface area (Å²) < 4.78 is 2.00. The average molecular weight is 265 g/mol. The Kier molecular flexibility index (Phi) is 3.09. The van der Waals surface area contributed by atoms with Crippen molar-refractivity contribution in [1.82, 2.24) is 9.55 Å². The van der Waals surface area contributed by atoms with Crippen molar-refractivity contribution in [3.05, 3.63) is 60.2 Å². The molecule has 5 nitrogen and oxygen atoms in total. The van der Waals surface area contributed by atoms with Gasteiger partial charge in [-0.1, -0.05) is 42.5 Å². The molecule has 0 aliphatic carbocycles. The predicted molar refractivity (Wildman–Crippen MR) is 80.7 cm³/mol. The third-order valence-electron chi connectivity index (χ3n) is 3.05. The lowest BCUT2D eigenvalue weighted by molar-refractivity contribution is 0.826. The number of fused-ring (bicyclic) bond motifs is 1. The number of guanidine groups is 1. The Bertz CT molecular complexity index is 754. The molecule has 0 bridgehead atoms. The molecule has 4 N–H and O–H groups in total. The van der Waals surface area contributed by atoms with Crippen LogP contribution in [0.3, 0.4) is 0 Å². The molecule has 0 saturated heterocycles. The average Bonchev–Trinajstić information content (AvgIpc) is 2.77. The van der Waals surface area contributed by atoms with Crippen molar-refractivity contribution in [2.45, 2.75) is 6.54 Å². The lowest BCUT2D eigenvalue weighted by atomic mass is 10.2. The minimum Gasteiger partial charge on any atom is -0.370 e. The molecule has 2 aromatic carbocycles. The molecule has 0 fully saturated rings. The third-order valence-corrected chi connectivity index (χ3v) is 3.05. The van der Waals surface area contributed by atoms with E-state index in [2.05, 4.69) is 22.1 Å². The maximum atomic E-state index is 5.48. The first-order valence-corrected chi connectivity index (χ1v) is 6.33. The molecule has 20 heavy (non-hydrogen) atoms. The van der Waals surface area contributed by atoms with Gasteiger partial charge < -0.3 is 16.0 Å². The minimum absolute atomic E-state index is 0.00891.